The predicted molar refractivity (Wildman–Crippen MR) is 129 cm³/mol. The van der Waals surface area contributed by atoms with Crippen LogP contribution >= 0.6 is 12.4 Å². The fourth-order valence-electron chi connectivity index (χ4n) is 3.43. The Bertz CT molecular complexity index is 1100. The quantitative estimate of drug-likeness (QED) is 0.434. The summed E-state index contributed by atoms with van der Waals surface area (Å²) in [5.41, 5.74) is 12.7. The van der Waals surface area contributed by atoms with Crippen LogP contribution in [0.5, 0.6) is 0 Å². The van der Waals surface area contributed by atoms with Crippen molar-refractivity contribution in [2.75, 3.05) is 11.9 Å². The van der Waals surface area contributed by atoms with E-state index in [1.165, 1.54) is 11.1 Å². The van der Waals surface area contributed by atoms with Gasteiger partial charge in [0.15, 0.2) is 0 Å². The standard InChI is InChI=1S/C25H25N5.ClH/c1-18-6-5-9-21(14-18)23-17-29-25(30-24(23)20-10-12-27-13-11-20)28-16-22(26)15-19-7-3-2-4-8-19;/h2-14,17,22H,15-16,26H2,1H3,(H,28,29,30);1H/t22-;/m0./s1. The monoisotopic (exact) mass is 431 g/mol. The van der Waals surface area contributed by atoms with E-state index in [1.54, 1.807) is 12.4 Å². The van der Waals surface area contributed by atoms with Gasteiger partial charge < -0.3 is 11.1 Å². The van der Waals surface area contributed by atoms with Crippen molar-refractivity contribution in [3.63, 3.8) is 0 Å². The minimum atomic E-state index is -0.0307. The van der Waals surface area contributed by atoms with E-state index in [9.17, 15) is 0 Å². The minimum Gasteiger partial charge on any atom is -0.353 e. The van der Waals surface area contributed by atoms with Gasteiger partial charge in [0, 0.05) is 42.3 Å². The molecule has 0 aliphatic rings. The molecule has 2 heterocycles. The number of aryl methyl sites for hydroxylation is 1. The number of anilines is 1. The van der Waals surface area contributed by atoms with Gasteiger partial charge in [-0.05, 0) is 36.6 Å². The van der Waals surface area contributed by atoms with Gasteiger partial charge in [0.2, 0.25) is 5.95 Å². The molecule has 0 saturated carbocycles. The molecule has 0 saturated heterocycles. The van der Waals surface area contributed by atoms with E-state index >= 15 is 0 Å². The van der Waals surface area contributed by atoms with Gasteiger partial charge in [0.05, 0.1) is 5.69 Å². The molecule has 0 aliphatic carbocycles. The zero-order chi connectivity index (χ0) is 20.8. The van der Waals surface area contributed by atoms with Gasteiger partial charge in [-0.2, -0.15) is 0 Å². The fraction of sp³-hybridized carbons (Fsp3) is 0.160. The first-order chi connectivity index (χ1) is 14.7. The molecule has 0 radical (unpaired) electrons. The van der Waals surface area contributed by atoms with Gasteiger partial charge in [0.25, 0.3) is 0 Å². The van der Waals surface area contributed by atoms with Crippen molar-refractivity contribution in [3.8, 4) is 22.4 Å². The molecule has 3 N–H and O–H groups in total. The molecule has 5 nitrogen and oxygen atoms in total. The number of pyridine rings is 1. The third-order valence-corrected chi connectivity index (χ3v) is 4.93. The van der Waals surface area contributed by atoms with E-state index in [0.717, 1.165) is 28.8 Å². The summed E-state index contributed by atoms with van der Waals surface area (Å²) in [5.74, 6) is 0.571. The molecule has 1 atom stereocenters. The maximum atomic E-state index is 6.31. The van der Waals surface area contributed by atoms with Crippen molar-refractivity contribution in [3.05, 3.63) is 96.4 Å². The molecule has 158 valence electrons. The summed E-state index contributed by atoms with van der Waals surface area (Å²) >= 11 is 0. The van der Waals surface area contributed by atoms with Crippen molar-refractivity contribution in [1.29, 1.82) is 0 Å². The lowest BCUT2D eigenvalue weighted by Gasteiger charge is -2.15. The van der Waals surface area contributed by atoms with Gasteiger partial charge in [0.1, 0.15) is 0 Å². The average molecular weight is 432 g/mol. The first kappa shape index (κ1) is 22.4. The van der Waals surface area contributed by atoms with E-state index in [1.807, 2.05) is 36.5 Å². The van der Waals surface area contributed by atoms with Crippen molar-refractivity contribution in [1.82, 2.24) is 15.0 Å². The summed E-state index contributed by atoms with van der Waals surface area (Å²) in [6, 6.07) is 22.5. The third kappa shape index (κ3) is 5.87. The summed E-state index contributed by atoms with van der Waals surface area (Å²) in [6.45, 7) is 2.68. The molecule has 31 heavy (non-hydrogen) atoms. The topological polar surface area (TPSA) is 76.7 Å². The molecule has 6 heteroatoms. The van der Waals surface area contributed by atoms with Crippen molar-refractivity contribution in [2.24, 2.45) is 5.73 Å². The molecular weight excluding hydrogens is 406 g/mol. The first-order valence-electron chi connectivity index (χ1n) is 10.1. The van der Waals surface area contributed by atoms with Crippen LogP contribution < -0.4 is 11.1 Å². The number of nitrogens with zero attached hydrogens (tertiary/aromatic N) is 3. The lowest BCUT2D eigenvalue weighted by Crippen LogP contribution is -2.31. The molecule has 4 aromatic rings. The van der Waals surface area contributed by atoms with Crippen LogP contribution in [0.25, 0.3) is 22.4 Å². The predicted octanol–water partition coefficient (Wildman–Crippen LogP) is 4.92. The summed E-state index contributed by atoms with van der Waals surface area (Å²) in [5, 5.41) is 3.30. The molecule has 0 amide bonds. The van der Waals surface area contributed by atoms with Crippen LogP contribution in [0.2, 0.25) is 0 Å². The highest BCUT2D eigenvalue weighted by atomic mass is 35.5. The molecule has 0 spiro atoms. The summed E-state index contributed by atoms with van der Waals surface area (Å²) in [4.78, 5) is 13.5. The second kappa shape index (κ2) is 10.7. The number of aromatic nitrogens is 3. The number of benzene rings is 2. The molecule has 0 unspecified atom stereocenters. The number of nitrogens with two attached hydrogens (primary N) is 1. The van der Waals surface area contributed by atoms with Crippen LogP contribution in [0.4, 0.5) is 5.95 Å². The van der Waals surface area contributed by atoms with Gasteiger partial charge in [-0.25, -0.2) is 9.97 Å². The number of hydrogen-bond acceptors (Lipinski definition) is 5. The van der Waals surface area contributed by atoms with E-state index in [2.05, 4.69) is 58.6 Å². The molecule has 2 aromatic carbocycles. The summed E-state index contributed by atoms with van der Waals surface area (Å²) < 4.78 is 0. The Hall–Kier alpha value is -3.28. The zero-order valence-corrected chi connectivity index (χ0v) is 18.2. The first-order valence-corrected chi connectivity index (χ1v) is 10.1. The maximum Gasteiger partial charge on any atom is 0.223 e. The normalized spacial score (nSPS) is 11.4. The smallest absolute Gasteiger partial charge is 0.223 e. The number of rotatable bonds is 7. The molecule has 0 aliphatic heterocycles. The Morgan fingerprint density at radius 2 is 1.71 bits per heavy atom. The second-order valence-corrected chi connectivity index (χ2v) is 7.39. The number of nitrogens with one attached hydrogen (secondary N) is 1. The van der Waals surface area contributed by atoms with Crippen LogP contribution in [-0.4, -0.2) is 27.5 Å². The highest BCUT2D eigenvalue weighted by molar-refractivity contribution is 5.85. The van der Waals surface area contributed by atoms with Gasteiger partial charge >= 0.3 is 0 Å². The molecule has 4 rings (SSSR count). The zero-order valence-electron chi connectivity index (χ0n) is 17.4. The Kier molecular flexibility index (Phi) is 7.70. The summed E-state index contributed by atoms with van der Waals surface area (Å²) in [7, 11) is 0. The van der Waals surface area contributed by atoms with Crippen LogP contribution in [0.1, 0.15) is 11.1 Å². The van der Waals surface area contributed by atoms with Crippen molar-refractivity contribution < 1.29 is 0 Å². The van der Waals surface area contributed by atoms with Crippen molar-refractivity contribution >= 4 is 18.4 Å². The van der Waals surface area contributed by atoms with Crippen LogP contribution in [0, 0.1) is 6.92 Å². The van der Waals surface area contributed by atoms with Crippen LogP contribution in [0.15, 0.2) is 85.3 Å². The average Bonchev–Trinajstić information content (AvgIpc) is 2.79. The number of halogens is 1. The fourth-order valence-corrected chi connectivity index (χ4v) is 3.43. The number of hydrogen-bond donors (Lipinski definition) is 2. The lowest BCUT2D eigenvalue weighted by atomic mass is 10.00. The van der Waals surface area contributed by atoms with Crippen LogP contribution in [0.3, 0.4) is 0 Å². The maximum absolute atomic E-state index is 6.31. The Morgan fingerprint density at radius 1 is 0.935 bits per heavy atom. The third-order valence-electron chi connectivity index (χ3n) is 4.93. The van der Waals surface area contributed by atoms with Gasteiger partial charge in [-0.15, -0.1) is 12.4 Å². The molecule has 0 fully saturated rings. The SMILES string of the molecule is Cc1cccc(-c2cnc(NC[C@@H](N)Cc3ccccc3)nc2-c2ccncc2)c1.Cl. The van der Waals surface area contributed by atoms with E-state index < -0.39 is 0 Å². The highest BCUT2D eigenvalue weighted by Crippen LogP contribution is 2.30. The molecular formula is C25H26ClN5. The van der Waals surface area contributed by atoms with E-state index in [0.29, 0.717) is 12.5 Å². The Morgan fingerprint density at radius 3 is 2.45 bits per heavy atom. The highest BCUT2D eigenvalue weighted by Gasteiger charge is 2.13. The lowest BCUT2D eigenvalue weighted by molar-refractivity contribution is 0.696. The van der Waals surface area contributed by atoms with Crippen molar-refractivity contribution in [2.45, 2.75) is 19.4 Å². The molecule has 0 bridgehead atoms. The van der Waals surface area contributed by atoms with Gasteiger partial charge in [-0.1, -0.05) is 60.2 Å². The van der Waals surface area contributed by atoms with E-state index in [4.69, 9.17) is 10.7 Å². The van der Waals surface area contributed by atoms with Gasteiger partial charge in [-0.3, -0.25) is 4.98 Å². The Labute approximate surface area is 189 Å². The summed E-state index contributed by atoms with van der Waals surface area (Å²) in [6.07, 6.45) is 6.23. The van der Waals surface area contributed by atoms with Crippen LogP contribution in [-0.2, 0) is 6.42 Å². The Balaban J connectivity index is 0.00000272. The molecule has 2 aromatic heterocycles. The largest absolute Gasteiger partial charge is 0.353 e. The van der Waals surface area contributed by atoms with E-state index in [-0.39, 0.29) is 18.4 Å². The minimum absolute atomic E-state index is 0. The second-order valence-electron chi connectivity index (χ2n) is 7.39.